The van der Waals surface area contributed by atoms with E-state index in [1.807, 2.05) is 73.7 Å². The Kier molecular flexibility index (Phi) is 6.64. The summed E-state index contributed by atoms with van der Waals surface area (Å²) in [5.74, 6) is -0.222. The second kappa shape index (κ2) is 9.96. The molecule has 6 nitrogen and oxygen atoms in total. The normalized spacial score (nSPS) is 11.7. The topological polar surface area (TPSA) is 97.1 Å². The zero-order valence-electron chi connectivity index (χ0n) is 18.4. The molecule has 1 aromatic heterocycles. The summed E-state index contributed by atoms with van der Waals surface area (Å²) < 4.78 is 0. The number of fused-ring (bicyclic) bond motifs is 1. The van der Waals surface area contributed by atoms with Gasteiger partial charge in [0, 0.05) is 30.1 Å². The van der Waals surface area contributed by atoms with Crippen LogP contribution in [-0.2, 0) is 17.8 Å². The third-order valence-electron chi connectivity index (χ3n) is 5.55. The Labute approximate surface area is 192 Å². The summed E-state index contributed by atoms with van der Waals surface area (Å²) in [4.78, 5) is 30.2. The van der Waals surface area contributed by atoms with Crippen molar-refractivity contribution in [3.05, 3.63) is 107 Å². The standard InChI is InChI=1S/C27H26N4O2/c1-18-7-9-20(10-8-18)17-30-27(33)24(15-19-5-3-2-4-6-19)31-26(32)22-12-11-21-13-14-29-25(28)23(21)16-22/h2-14,16,24H,15,17H2,1H3,(H2,28,29)(H,30,33)(H,31,32)/t24-/m1/s1. The maximum absolute atomic E-state index is 13.1. The zero-order chi connectivity index (χ0) is 23.2. The van der Waals surface area contributed by atoms with Crippen LogP contribution in [0.25, 0.3) is 10.8 Å². The number of hydrogen-bond acceptors (Lipinski definition) is 4. The molecule has 0 aliphatic rings. The van der Waals surface area contributed by atoms with Crippen molar-refractivity contribution in [1.29, 1.82) is 0 Å². The number of rotatable bonds is 7. The molecule has 1 atom stereocenters. The Bertz CT molecular complexity index is 1270. The minimum absolute atomic E-state index is 0.241. The molecule has 0 unspecified atom stereocenters. The Balaban J connectivity index is 1.52. The number of benzene rings is 3. The van der Waals surface area contributed by atoms with Crippen molar-refractivity contribution >= 4 is 28.4 Å². The fraction of sp³-hybridized carbons (Fsp3) is 0.148. The number of aryl methyl sites for hydroxylation is 1. The van der Waals surface area contributed by atoms with Crippen LogP contribution in [0.3, 0.4) is 0 Å². The first-order valence-electron chi connectivity index (χ1n) is 10.8. The quantitative estimate of drug-likeness (QED) is 0.409. The number of carbonyl (C=O) groups excluding carboxylic acids is 2. The van der Waals surface area contributed by atoms with Crippen LogP contribution in [0.1, 0.15) is 27.0 Å². The van der Waals surface area contributed by atoms with E-state index in [4.69, 9.17) is 5.73 Å². The van der Waals surface area contributed by atoms with E-state index < -0.39 is 6.04 Å². The molecule has 166 valence electrons. The third kappa shape index (κ3) is 5.54. The highest BCUT2D eigenvalue weighted by atomic mass is 16.2. The molecule has 3 aromatic carbocycles. The molecular formula is C27H26N4O2. The summed E-state index contributed by atoms with van der Waals surface area (Å²) >= 11 is 0. The van der Waals surface area contributed by atoms with Crippen molar-refractivity contribution in [1.82, 2.24) is 15.6 Å². The van der Waals surface area contributed by atoms with E-state index in [1.165, 1.54) is 0 Å². The molecule has 0 aliphatic heterocycles. The van der Waals surface area contributed by atoms with E-state index in [0.29, 0.717) is 29.7 Å². The Morgan fingerprint density at radius 2 is 1.70 bits per heavy atom. The third-order valence-corrected chi connectivity index (χ3v) is 5.55. The fourth-order valence-electron chi connectivity index (χ4n) is 3.65. The number of carbonyl (C=O) groups is 2. The molecule has 2 amide bonds. The molecule has 4 aromatic rings. The summed E-state index contributed by atoms with van der Waals surface area (Å²) in [7, 11) is 0. The molecule has 0 radical (unpaired) electrons. The molecule has 0 bridgehead atoms. The lowest BCUT2D eigenvalue weighted by Crippen LogP contribution is -2.47. The zero-order valence-corrected chi connectivity index (χ0v) is 18.4. The summed E-state index contributed by atoms with van der Waals surface area (Å²) in [6.07, 6.45) is 2.01. The Hall–Kier alpha value is -4.19. The van der Waals surface area contributed by atoms with E-state index in [9.17, 15) is 9.59 Å². The number of anilines is 1. The van der Waals surface area contributed by atoms with Gasteiger partial charge in [0.2, 0.25) is 5.91 Å². The molecule has 0 spiro atoms. The van der Waals surface area contributed by atoms with E-state index in [1.54, 1.807) is 18.3 Å². The van der Waals surface area contributed by atoms with Crippen LogP contribution < -0.4 is 16.4 Å². The lowest BCUT2D eigenvalue weighted by molar-refractivity contribution is -0.123. The van der Waals surface area contributed by atoms with Crippen LogP contribution in [0.15, 0.2) is 85.1 Å². The number of nitrogens with zero attached hydrogens (tertiary/aromatic N) is 1. The molecule has 0 saturated heterocycles. The molecule has 33 heavy (non-hydrogen) atoms. The first kappa shape index (κ1) is 22.0. The van der Waals surface area contributed by atoms with E-state index >= 15 is 0 Å². The lowest BCUT2D eigenvalue weighted by atomic mass is 10.0. The molecule has 6 heteroatoms. The number of amides is 2. The molecule has 0 saturated carbocycles. The Morgan fingerprint density at radius 3 is 2.45 bits per heavy atom. The highest BCUT2D eigenvalue weighted by Crippen LogP contribution is 2.20. The van der Waals surface area contributed by atoms with Crippen LogP contribution >= 0.6 is 0 Å². The number of pyridine rings is 1. The number of nitrogens with two attached hydrogens (primary N) is 1. The number of aromatic nitrogens is 1. The number of nitrogen functional groups attached to an aromatic ring is 1. The molecular weight excluding hydrogens is 412 g/mol. The Morgan fingerprint density at radius 1 is 0.939 bits per heavy atom. The van der Waals surface area contributed by atoms with Gasteiger partial charge in [-0.2, -0.15) is 0 Å². The van der Waals surface area contributed by atoms with Crippen molar-refractivity contribution in [2.75, 3.05) is 5.73 Å². The summed E-state index contributed by atoms with van der Waals surface area (Å²) in [5.41, 5.74) is 9.51. The highest BCUT2D eigenvalue weighted by Gasteiger charge is 2.22. The smallest absolute Gasteiger partial charge is 0.251 e. The summed E-state index contributed by atoms with van der Waals surface area (Å²) in [6, 6.07) is 24.0. The van der Waals surface area contributed by atoms with Gasteiger partial charge in [0.25, 0.3) is 5.91 Å². The van der Waals surface area contributed by atoms with Crippen LogP contribution in [0.5, 0.6) is 0 Å². The van der Waals surface area contributed by atoms with Gasteiger partial charge in [-0.3, -0.25) is 9.59 Å². The van der Waals surface area contributed by atoms with E-state index in [0.717, 1.165) is 22.1 Å². The second-order valence-electron chi connectivity index (χ2n) is 8.05. The van der Waals surface area contributed by atoms with Crippen molar-refractivity contribution in [3.8, 4) is 0 Å². The van der Waals surface area contributed by atoms with Gasteiger partial charge in [-0.1, -0.05) is 66.2 Å². The largest absolute Gasteiger partial charge is 0.383 e. The second-order valence-corrected chi connectivity index (χ2v) is 8.05. The predicted octanol–water partition coefficient (Wildman–Crippen LogP) is 3.78. The highest BCUT2D eigenvalue weighted by molar-refractivity contribution is 6.02. The molecule has 4 N–H and O–H groups in total. The van der Waals surface area contributed by atoms with Gasteiger partial charge in [0.05, 0.1) is 0 Å². The van der Waals surface area contributed by atoms with Gasteiger partial charge >= 0.3 is 0 Å². The minimum Gasteiger partial charge on any atom is -0.383 e. The van der Waals surface area contributed by atoms with Crippen LogP contribution in [0, 0.1) is 6.92 Å². The van der Waals surface area contributed by atoms with Crippen molar-refractivity contribution < 1.29 is 9.59 Å². The first-order valence-corrected chi connectivity index (χ1v) is 10.8. The van der Waals surface area contributed by atoms with Gasteiger partial charge in [0.15, 0.2) is 0 Å². The maximum atomic E-state index is 13.1. The lowest BCUT2D eigenvalue weighted by Gasteiger charge is -2.19. The molecule has 0 fully saturated rings. The SMILES string of the molecule is Cc1ccc(CNC(=O)[C@@H](Cc2ccccc2)NC(=O)c2ccc3ccnc(N)c3c2)cc1. The first-order chi connectivity index (χ1) is 16.0. The molecule has 1 heterocycles. The van der Waals surface area contributed by atoms with E-state index in [2.05, 4.69) is 15.6 Å². The number of hydrogen-bond donors (Lipinski definition) is 3. The minimum atomic E-state index is -0.729. The van der Waals surface area contributed by atoms with E-state index in [-0.39, 0.29) is 11.8 Å². The maximum Gasteiger partial charge on any atom is 0.251 e. The van der Waals surface area contributed by atoms with Crippen LogP contribution in [0.2, 0.25) is 0 Å². The van der Waals surface area contributed by atoms with Crippen LogP contribution in [-0.4, -0.2) is 22.8 Å². The number of nitrogens with one attached hydrogen (secondary N) is 2. The van der Waals surface area contributed by atoms with Gasteiger partial charge in [-0.15, -0.1) is 0 Å². The van der Waals surface area contributed by atoms with Gasteiger partial charge < -0.3 is 16.4 Å². The van der Waals surface area contributed by atoms with Gasteiger partial charge in [-0.05, 0) is 41.6 Å². The average Bonchev–Trinajstić information content (AvgIpc) is 2.84. The predicted molar refractivity (Wildman–Crippen MR) is 131 cm³/mol. The molecule has 4 rings (SSSR count). The van der Waals surface area contributed by atoms with Crippen molar-refractivity contribution in [2.24, 2.45) is 0 Å². The summed E-state index contributed by atoms with van der Waals surface area (Å²) in [5, 5.41) is 7.45. The summed E-state index contributed by atoms with van der Waals surface area (Å²) in [6.45, 7) is 2.41. The monoisotopic (exact) mass is 438 g/mol. The van der Waals surface area contributed by atoms with Gasteiger partial charge in [-0.25, -0.2) is 4.98 Å². The van der Waals surface area contributed by atoms with Crippen molar-refractivity contribution in [3.63, 3.8) is 0 Å². The van der Waals surface area contributed by atoms with Gasteiger partial charge in [0.1, 0.15) is 11.9 Å². The average molecular weight is 439 g/mol. The van der Waals surface area contributed by atoms with Crippen molar-refractivity contribution in [2.45, 2.75) is 25.9 Å². The fourth-order valence-corrected chi connectivity index (χ4v) is 3.65. The molecule has 0 aliphatic carbocycles. The van der Waals surface area contributed by atoms with Crippen LogP contribution in [0.4, 0.5) is 5.82 Å².